The van der Waals surface area contributed by atoms with Crippen LogP contribution in [0.5, 0.6) is 0 Å². The number of aryl methyl sites for hydroxylation is 1. The van der Waals surface area contributed by atoms with E-state index in [1.54, 1.807) is 31.3 Å². The van der Waals surface area contributed by atoms with Crippen molar-refractivity contribution >= 4 is 26.6 Å². The number of hydrogen-bond acceptors (Lipinski definition) is 5. The van der Waals surface area contributed by atoms with Crippen LogP contribution in [0.4, 0.5) is 5.69 Å². The predicted molar refractivity (Wildman–Crippen MR) is 79.3 cm³/mol. The Morgan fingerprint density at radius 3 is 2.48 bits per heavy atom. The Hall–Kier alpha value is -2.54. The quantitative estimate of drug-likeness (QED) is 0.749. The van der Waals surface area contributed by atoms with Crippen LogP contribution in [0.25, 0.3) is 10.9 Å². The number of hydrogen-bond donors (Lipinski definition) is 1. The molecule has 0 aliphatic rings. The van der Waals surface area contributed by atoms with Gasteiger partial charge in [-0.05, 0) is 24.6 Å². The molecule has 21 heavy (non-hydrogen) atoms. The van der Waals surface area contributed by atoms with E-state index in [9.17, 15) is 8.42 Å². The molecule has 3 rings (SSSR count). The van der Waals surface area contributed by atoms with Gasteiger partial charge in [-0.2, -0.15) is 8.42 Å². The molecule has 2 aromatic heterocycles. The van der Waals surface area contributed by atoms with Crippen molar-refractivity contribution in [1.82, 2.24) is 15.0 Å². The molecule has 7 heteroatoms. The lowest BCUT2D eigenvalue weighted by Gasteiger charge is -2.08. The van der Waals surface area contributed by atoms with Crippen LogP contribution in [-0.2, 0) is 10.0 Å². The van der Waals surface area contributed by atoms with Gasteiger partial charge in [0.2, 0.25) is 0 Å². The first-order valence-corrected chi connectivity index (χ1v) is 7.70. The van der Waals surface area contributed by atoms with Gasteiger partial charge >= 0.3 is 0 Å². The summed E-state index contributed by atoms with van der Waals surface area (Å²) < 4.78 is 27.1. The second kappa shape index (κ2) is 5.10. The number of rotatable bonds is 3. The highest BCUT2D eigenvalue weighted by Gasteiger charge is 2.18. The van der Waals surface area contributed by atoms with E-state index in [1.165, 1.54) is 12.4 Å². The second-order valence-electron chi connectivity index (χ2n) is 4.53. The SMILES string of the molecule is Cc1cnc(S(=O)(=O)Nc2cccc3cccnc23)nc1. The van der Waals surface area contributed by atoms with E-state index >= 15 is 0 Å². The van der Waals surface area contributed by atoms with Gasteiger partial charge in [0, 0.05) is 24.0 Å². The molecule has 0 bridgehead atoms. The third-order valence-corrected chi connectivity index (χ3v) is 4.05. The maximum Gasteiger partial charge on any atom is 0.297 e. The molecule has 1 aromatic carbocycles. The van der Waals surface area contributed by atoms with Crippen molar-refractivity contribution in [3.8, 4) is 0 Å². The minimum atomic E-state index is -3.83. The van der Waals surface area contributed by atoms with Crippen LogP contribution in [0.3, 0.4) is 0 Å². The minimum Gasteiger partial charge on any atom is -0.275 e. The summed E-state index contributed by atoms with van der Waals surface area (Å²) in [6.07, 6.45) is 4.54. The van der Waals surface area contributed by atoms with Crippen LogP contribution in [-0.4, -0.2) is 23.4 Å². The third kappa shape index (κ3) is 2.68. The molecule has 0 saturated heterocycles. The van der Waals surface area contributed by atoms with Crippen molar-refractivity contribution in [2.24, 2.45) is 0 Å². The standard InChI is InChI=1S/C14H12N4O2S/c1-10-8-16-14(17-9-10)21(19,20)18-12-6-2-4-11-5-3-7-15-13(11)12/h2-9,18H,1H3. The maximum atomic E-state index is 12.3. The van der Waals surface area contributed by atoms with Crippen molar-refractivity contribution in [3.63, 3.8) is 0 Å². The summed E-state index contributed by atoms with van der Waals surface area (Å²) in [6.45, 7) is 1.79. The van der Waals surface area contributed by atoms with E-state index in [0.29, 0.717) is 11.2 Å². The van der Waals surface area contributed by atoms with E-state index < -0.39 is 10.0 Å². The monoisotopic (exact) mass is 300 g/mol. The normalized spacial score (nSPS) is 11.5. The maximum absolute atomic E-state index is 12.3. The summed E-state index contributed by atoms with van der Waals surface area (Å²) in [4.78, 5) is 11.9. The topological polar surface area (TPSA) is 84.8 Å². The van der Waals surface area contributed by atoms with Gasteiger partial charge in [-0.1, -0.05) is 18.2 Å². The van der Waals surface area contributed by atoms with Crippen molar-refractivity contribution < 1.29 is 8.42 Å². The van der Waals surface area contributed by atoms with Crippen LogP contribution in [0, 0.1) is 6.92 Å². The van der Waals surface area contributed by atoms with Crippen molar-refractivity contribution in [2.75, 3.05) is 4.72 Å². The number of para-hydroxylation sites is 1. The van der Waals surface area contributed by atoms with Crippen molar-refractivity contribution in [3.05, 3.63) is 54.5 Å². The fourth-order valence-electron chi connectivity index (χ4n) is 1.90. The van der Waals surface area contributed by atoms with Crippen LogP contribution < -0.4 is 4.72 Å². The lowest BCUT2D eigenvalue weighted by atomic mass is 10.2. The molecule has 1 N–H and O–H groups in total. The minimum absolute atomic E-state index is 0.263. The first-order chi connectivity index (χ1) is 10.1. The Balaban J connectivity index is 2.03. The Labute approximate surface area is 122 Å². The molecule has 0 atom stereocenters. The van der Waals surface area contributed by atoms with E-state index in [1.807, 2.05) is 12.1 Å². The van der Waals surface area contributed by atoms with E-state index in [0.717, 1.165) is 10.9 Å². The Bertz CT molecular complexity index is 887. The highest BCUT2D eigenvalue weighted by Crippen LogP contribution is 2.22. The molecule has 0 amide bonds. The number of anilines is 1. The molecule has 0 radical (unpaired) electrons. The number of nitrogens with zero attached hydrogens (tertiary/aromatic N) is 3. The van der Waals surface area contributed by atoms with Gasteiger partial charge in [0.1, 0.15) is 0 Å². The van der Waals surface area contributed by atoms with E-state index in [4.69, 9.17) is 0 Å². The smallest absolute Gasteiger partial charge is 0.275 e. The Kier molecular flexibility index (Phi) is 3.26. The number of aromatic nitrogens is 3. The van der Waals surface area contributed by atoms with Gasteiger partial charge in [0.25, 0.3) is 15.2 Å². The van der Waals surface area contributed by atoms with Crippen LogP contribution in [0.1, 0.15) is 5.56 Å². The van der Waals surface area contributed by atoms with Gasteiger partial charge in [-0.3, -0.25) is 9.71 Å². The average Bonchev–Trinajstić information content (AvgIpc) is 2.48. The Morgan fingerprint density at radius 1 is 1.00 bits per heavy atom. The van der Waals surface area contributed by atoms with Crippen molar-refractivity contribution in [1.29, 1.82) is 0 Å². The van der Waals surface area contributed by atoms with Gasteiger partial charge in [0.05, 0.1) is 11.2 Å². The van der Waals surface area contributed by atoms with Gasteiger partial charge in [-0.25, -0.2) is 9.97 Å². The van der Waals surface area contributed by atoms with E-state index in [2.05, 4.69) is 19.7 Å². The first-order valence-electron chi connectivity index (χ1n) is 6.21. The molecule has 3 aromatic rings. The largest absolute Gasteiger partial charge is 0.297 e. The summed E-state index contributed by atoms with van der Waals surface area (Å²) in [7, 11) is -3.83. The molecular weight excluding hydrogens is 288 g/mol. The highest BCUT2D eigenvalue weighted by molar-refractivity contribution is 7.92. The number of sulfonamides is 1. The van der Waals surface area contributed by atoms with Gasteiger partial charge in [0.15, 0.2) is 0 Å². The molecule has 0 aliphatic carbocycles. The number of fused-ring (bicyclic) bond motifs is 1. The summed E-state index contributed by atoms with van der Waals surface area (Å²) in [5.74, 6) is 0. The predicted octanol–water partition coefficient (Wildman–Crippen LogP) is 2.13. The molecule has 0 fully saturated rings. The lowest BCUT2D eigenvalue weighted by Crippen LogP contribution is -2.16. The molecule has 6 nitrogen and oxygen atoms in total. The van der Waals surface area contributed by atoms with Crippen LogP contribution >= 0.6 is 0 Å². The summed E-state index contributed by atoms with van der Waals surface area (Å²) in [6, 6.07) is 8.94. The number of pyridine rings is 1. The molecule has 0 aliphatic heterocycles. The zero-order valence-electron chi connectivity index (χ0n) is 11.2. The molecule has 0 saturated carbocycles. The number of nitrogens with one attached hydrogen (secondary N) is 1. The zero-order valence-corrected chi connectivity index (χ0v) is 12.0. The highest BCUT2D eigenvalue weighted by atomic mass is 32.2. The molecule has 2 heterocycles. The fraction of sp³-hybridized carbons (Fsp3) is 0.0714. The molecule has 0 spiro atoms. The second-order valence-corrected chi connectivity index (χ2v) is 6.11. The van der Waals surface area contributed by atoms with Crippen LogP contribution in [0.15, 0.2) is 54.1 Å². The van der Waals surface area contributed by atoms with Crippen LogP contribution in [0.2, 0.25) is 0 Å². The molecular formula is C14H12N4O2S. The first kappa shape index (κ1) is 13.4. The third-order valence-electron chi connectivity index (χ3n) is 2.87. The molecule has 0 unspecified atom stereocenters. The van der Waals surface area contributed by atoms with Crippen molar-refractivity contribution in [2.45, 2.75) is 12.1 Å². The van der Waals surface area contributed by atoms with E-state index in [-0.39, 0.29) is 5.16 Å². The summed E-state index contributed by atoms with van der Waals surface area (Å²) in [5, 5.41) is 0.587. The average molecular weight is 300 g/mol. The Morgan fingerprint density at radius 2 is 1.71 bits per heavy atom. The number of benzene rings is 1. The van der Waals surface area contributed by atoms with Gasteiger partial charge < -0.3 is 0 Å². The molecule has 106 valence electrons. The zero-order chi connectivity index (χ0) is 14.9. The van der Waals surface area contributed by atoms with Gasteiger partial charge in [-0.15, -0.1) is 0 Å². The fourth-order valence-corrected chi connectivity index (χ4v) is 2.82. The summed E-state index contributed by atoms with van der Waals surface area (Å²) >= 11 is 0. The summed E-state index contributed by atoms with van der Waals surface area (Å²) in [5.41, 5.74) is 1.77. The lowest BCUT2D eigenvalue weighted by molar-refractivity contribution is 0.592.